The second kappa shape index (κ2) is 4.45. The summed E-state index contributed by atoms with van der Waals surface area (Å²) in [5.41, 5.74) is 6.19. The molecular weight excluding hydrogens is 206 g/mol. The van der Waals surface area contributed by atoms with Gasteiger partial charge in [-0.3, -0.25) is 0 Å². The van der Waals surface area contributed by atoms with Crippen LogP contribution in [0.1, 0.15) is 12.8 Å². The summed E-state index contributed by atoms with van der Waals surface area (Å²) in [5, 5.41) is 0. The first-order valence-electron chi connectivity index (χ1n) is 5.25. The topological polar surface area (TPSA) is 35.2 Å². The number of hydrogen-bond donors (Lipinski definition) is 1. The van der Waals surface area contributed by atoms with Crippen molar-refractivity contribution in [2.75, 3.05) is 19.4 Å². The third-order valence-electron chi connectivity index (χ3n) is 2.98. The molecule has 1 aromatic carbocycles. The van der Waals surface area contributed by atoms with E-state index in [0.717, 1.165) is 18.0 Å². The normalized spacial score (nSPS) is 17.5. The number of rotatable bonds is 5. The van der Waals surface area contributed by atoms with E-state index in [1.165, 1.54) is 17.7 Å². The van der Waals surface area contributed by atoms with Crippen LogP contribution in [-0.2, 0) is 0 Å². The zero-order valence-corrected chi connectivity index (χ0v) is 9.85. The van der Waals surface area contributed by atoms with Crippen LogP contribution >= 0.6 is 11.8 Å². The highest BCUT2D eigenvalue weighted by Gasteiger charge is 2.40. The molecule has 1 aliphatic rings. The van der Waals surface area contributed by atoms with Gasteiger partial charge in [0, 0.05) is 10.6 Å². The Balaban J connectivity index is 1.93. The molecule has 15 heavy (non-hydrogen) atoms. The second-order valence-electron chi connectivity index (χ2n) is 4.17. The average molecular weight is 223 g/mol. The van der Waals surface area contributed by atoms with Gasteiger partial charge in [-0.25, -0.2) is 0 Å². The molecule has 0 radical (unpaired) electrons. The number of hydrogen-bond acceptors (Lipinski definition) is 3. The first kappa shape index (κ1) is 10.8. The van der Waals surface area contributed by atoms with Gasteiger partial charge >= 0.3 is 0 Å². The van der Waals surface area contributed by atoms with Crippen LogP contribution in [0.25, 0.3) is 0 Å². The van der Waals surface area contributed by atoms with Crippen LogP contribution in [0.4, 0.5) is 0 Å². The molecule has 0 aliphatic heterocycles. The molecule has 1 aromatic rings. The lowest BCUT2D eigenvalue weighted by molar-refractivity contribution is 0.413. The summed E-state index contributed by atoms with van der Waals surface area (Å²) in [7, 11) is 1.70. The van der Waals surface area contributed by atoms with Gasteiger partial charge in [-0.15, -0.1) is 11.8 Å². The molecule has 0 saturated heterocycles. The summed E-state index contributed by atoms with van der Waals surface area (Å²) in [5.74, 6) is 2.06. The van der Waals surface area contributed by atoms with Gasteiger partial charge in [0.2, 0.25) is 0 Å². The highest BCUT2D eigenvalue weighted by atomic mass is 32.2. The molecule has 0 spiro atoms. The standard InChI is InChI=1S/C12H17NOS/c1-14-10-3-2-4-11(7-10)15-9-12(8-13)5-6-12/h2-4,7H,5-6,8-9,13H2,1H3. The average Bonchev–Trinajstić information content (AvgIpc) is 3.07. The van der Waals surface area contributed by atoms with Crippen molar-refractivity contribution in [3.63, 3.8) is 0 Å². The Morgan fingerprint density at radius 2 is 2.27 bits per heavy atom. The Morgan fingerprint density at radius 3 is 2.87 bits per heavy atom. The van der Waals surface area contributed by atoms with E-state index >= 15 is 0 Å². The van der Waals surface area contributed by atoms with Crippen molar-refractivity contribution in [1.82, 2.24) is 0 Å². The van der Waals surface area contributed by atoms with Gasteiger partial charge in [0.1, 0.15) is 5.75 Å². The van der Waals surface area contributed by atoms with E-state index in [1.54, 1.807) is 7.11 Å². The van der Waals surface area contributed by atoms with Gasteiger partial charge in [-0.05, 0) is 43.0 Å². The molecule has 2 nitrogen and oxygen atoms in total. The van der Waals surface area contributed by atoms with E-state index < -0.39 is 0 Å². The minimum absolute atomic E-state index is 0.438. The molecule has 0 unspecified atom stereocenters. The zero-order chi connectivity index (χ0) is 10.7. The maximum absolute atomic E-state index is 5.75. The molecule has 1 fully saturated rings. The van der Waals surface area contributed by atoms with Crippen LogP contribution in [0.15, 0.2) is 29.2 Å². The molecule has 82 valence electrons. The Bertz CT molecular complexity index is 336. The highest BCUT2D eigenvalue weighted by Crippen LogP contribution is 2.48. The number of methoxy groups -OCH3 is 1. The van der Waals surface area contributed by atoms with Gasteiger partial charge in [0.05, 0.1) is 7.11 Å². The minimum atomic E-state index is 0.438. The molecule has 3 heteroatoms. The molecule has 0 heterocycles. The summed E-state index contributed by atoms with van der Waals surface area (Å²) in [6, 6.07) is 8.21. The van der Waals surface area contributed by atoms with Gasteiger partial charge in [0.25, 0.3) is 0 Å². The lowest BCUT2D eigenvalue weighted by atomic mass is 10.1. The van der Waals surface area contributed by atoms with Crippen molar-refractivity contribution in [2.24, 2.45) is 11.1 Å². The summed E-state index contributed by atoms with van der Waals surface area (Å²) in [4.78, 5) is 1.27. The van der Waals surface area contributed by atoms with Crippen LogP contribution in [-0.4, -0.2) is 19.4 Å². The van der Waals surface area contributed by atoms with Crippen molar-refractivity contribution in [1.29, 1.82) is 0 Å². The monoisotopic (exact) mass is 223 g/mol. The summed E-state index contributed by atoms with van der Waals surface area (Å²) < 4.78 is 5.19. The zero-order valence-electron chi connectivity index (χ0n) is 9.03. The molecule has 1 aliphatic carbocycles. The van der Waals surface area contributed by atoms with E-state index in [9.17, 15) is 0 Å². The van der Waals surface area contributed by atoms with E-state index in [1.807, 2.05) is 23.9 Å². The predicted octanol–water partition coefficient (Wildman–Crippen LogP) is 2.53. The molecule has 0 aromatic heterocycles. The maximum atomic E-state index is 5.75. The quantitative estimate of drug-likeness (QED) is 0.779. The SMILES string of the molecule is COc1cccc(SCC2(CN)CC2)c1. The van der Waals surface area contributed by atoms with Crippen molar-refractivity contribution in [2.45, 2.75) is 17.7 Å². The first-order valence-corrected chi connectivity index (χ1v) is 6.23. The van der Waals surface area contributed by atoms with Crippen LogP contribution in [0.2, 0.25) is 0 Å². The van der Waals surface area contributed by atoms with Crippen molar-refractivity contribution >= 4 is 11.8 Å². The van der Waals surface area contributed by atoms with Crippen molar-refractivity contribution in [3.8, 4) is 5.75 Å². The van der Waals surface area contributed by atoms with E-state index in [-0.39, 0.29) is 0 Å². The largest absolute Gasteiger partial charge is 0.497 e. The number of thioether (sulfide) groups is 1. The van der Waals surface area contributed by atoms with Gasteiger partial charge in [-0.2, -0.15) is 0 Å². The van der Waals surface area contributed by atoms with Crippen LogP contribution in [0.5, 0.6) is 5.75 Å². The highest BCUT2D eigenvalue weighted by molar-refractivity contribution is 7.99. The van der Waals surface area contributed by atoms with Crippen LogP contribution in [0.3, 0.4) is 0 Å². The first-order chi connectivity index (χ1) is 7.28. The molecule has 2 N–H and O–H groups in total. The van der Waals surface area contributed by atoms with Gasteiger partial charge < -0.3 is 10.5 Å². The smallest absolute Gasteiger partial charge is 0.119 e. The lowest BCUT2D eigenvalue weighted by Gasteiger charge is -2.11. The Hall–Kier alpha value is -0.670. The molecular formula is C12H17NOS. The van der Waals surface area contributed by atoms with Gasteiger partial charge in [0.15, 0.2) is 0 Å². The Kier molecular flexibility index (Phi) is 3.22. The number of benzene rings is 1. The number of nitrogens with two attached hydrogens (primary N) is 1. The Morgan fingerprint density at radius 1 is 1.47 bits per heavy atom. The van der Waals surface area contributed by atoms with Crippen molar-refractivity contribution in [3.05, 3.63) is 24.3 Å². The number of ether oxygens (including phenoxy) is 1. The third kappa shape index (κ3) is 2.67. The summed E-state index contributed by atoms with van der Waals surface area (Å²) >= 11 is 1.88. The molecule has 1 saturated carbocycles. The molecule has 0 atom stereocenters. The molecule has 2 rings (SSSR count). The lowest BCUT2D eigenvalue weighted by Crippen LogP contribution is -2.17. The van der Waals surface area contributed by atoms with E-state index in [4.69, 9.17) is 10.5 Å². The van der Waals surface area contributed by atoms with E-state index in [0.29, 0.717) is 5.41 Å². The predicted molar refractivity (Wildman–Crippen MR) is 64.4 cm³/mol. The fourth-order valence-corrected chi connectivity index (χ4v) is 2.77. The summed E-state index contributed by atoms with van der Waals surface area (Å²) in [6.07, 6.45) is 2.58. The second-order valence-corrected chi connectivity index (χ2v) is 5.22. The Labute approximate surface area is 95.2 Å². The van der Waals surface area contributed by atoms with Gasteiger partial charge in [-0.1, -0.05) is 6.07 Å². The maximum Gasteiger partial charge on any atom is 0.119 e. The van der Waals surface area contributed by atoms with E-state index in [2.05, 4.69) is 12.1 Å². The fourth-order valence-electron chi connectivity index (χ4n) is 1.51. The fraction of sp³-hybridized carbons (Fsp3) is 0.500. The van der Waals surface area contributed by atoms with Crippen LogP contribution in [0, 0.1) is 5.41 Å². The molecule has 0 amide bonds. The van der Waals surface area contributed by atoms with Crippen LogP contribution < -0.4 is 10.5 Å². The summed E-state index contributed by atoms with van der Waals surface area (Å²) in [6.45, 7) is 0.823. The minimum Gasteiger partial charge on any atom is -0.497 e. The third-order valence-corrected chi connectivity index (χ3v) is 4.32. The molecule has 0 bridgehead atoms. The van der Waals surface area contributed by atoms with Crippen molar-refractivity contribution < 1.29 is 4.74 Å².